The summed E-state index contributed by atoms with van der Waals surface area (Å²) in [4.78, 5) is 2.73. The summed E-state index contributed by atoms with van der Waals surface area (Å²) < 4.78 is 0. The molecule has 122 valence electrons. The molecular weight excluding hydrogens is 272 g/mol. The van der Waals surface area contributed by atoms with Crippen molar-refractivity contribution in [3.8, 4) is 5.75 Å². The quantitative estimate of drug-likeness (QED) is 0.882. The zero-order valence-corrected chi connectivity index (χ0v) is 13.5. The van der Waals surface area contributed by atoms with E-state index in [1.54, 1.807) is 24.3 Å². The number of para-hydroxylation sites is 1. The first-order valence-corrected chi connectivity index (χ1v) is 8.92. The number of nitrogens with zero attached hydrogens (tertiary/aromatic N) is 1. The first-order valence-electron chi connectivity index (χ1n) is 8.92. The molecule has 22 heavy (non-hydrogen) atoms. The number of hydrogen-bond acceptors (Lipinski definition) is 3. The fourth-order valence-corrected chi connectivity index (χ4v) is 3.99. The van der Waals surface area contributed by atoms with Gasteiger partial charge in [-0.3, -0.25) is 0 Å². The lowest BCUT2D eigenvalue weighted by Gasteiger charge is -2.43. The molecule has 2 aliphatic carbocycles. The second-order valence-corrected chi connectivity index (χ2v) is 7.42. The Balaban J connectivity index is 0.000000174. The van der Waals surface area contributed by atoms with Crippen LogP contribution in [0.4, 0.5) is 0 Å². The molecule has 3 aliphatic rings. The molecule has 4 rings (SSSR count). The van der Waals surface area contributed by atoms with Crippen molar-refractivity contribution in [1.82, 2.24) is 4.90 Å². The molecule has 0 spiro atoms. The molecule has 1 aliphatic heterocycles. The Kier molecular flexibility index (Phi) is 5.37. The average Bonchev–Trinajstić information content (AvgIpc) is 3.33. The Morgan fingerprint density at radius 2 is 1.77 bits per heavy atom. The van der Waals surface area contributed by atoms with Crippen molar-refractivity contribution < 1.29 is 5.11 Å². The lowest BCUT2D eigenvalue weighted by Crippen LogP contribution is -2.45. The lowest BCUT2D eigenvalue weighted by atomic mass is 9.73. The molecule has 3 nitrogen and oxygen atoms in total. The molecule has 0 bridgehead atoms. The normalized spacial score (nSPS) is 31.8. The van der Waals surface area contributed by atoms with E-state index in [0.717, 1.165) is 17.8 Å². The molecular formula is C19H30N2O. The minimum Gasteiger partial charge on any atom is -0.508 e. The number of benzene rings is 1. The highest BCUT2D eigenvalue weighted by molar-refractivity contribution is 5.18. The van der Waals surface area contributed by atoms with E-state index in [4.69, 9.17) is 10.8 Å². The summed E-state index contributed by atoms with van der Waals surface area (Å²) in [5.74, 6) is 3.33. The van der Waals surface area contributed by atoms with Crippen LogP contribution in [0, 0.1) is 17.8 Å². The van der Waals surface area contributed by atoms with Crippen LogP contribution >= 0.6 is 0 Å². The van der Waals surface area contributed by atoms with E-state index in [1.807, 2.05) is 6.07 Å². The van der Waals surface area contributed by atoms with Crippen LogP contribution in [0.15, 0.2) is 30.3 Å². The van der Waals surface area contributed by atoms with Crippen LogP contribution in [-0.4, -0.2) is 35.7 Å². The number of phenols is 1. The topological polar surface area (TPSA) is 49.5 Å². The highest BCUT2D eigenvalue weighted by Gasteiger charge is 2.35. The summed E-state index contributed by atoms with van der Waals surface area (Å²) in [5, 5.41) is 8.63. The number of aromatic hydroxyl groups is 1. The van der Waals surface area contributed by atoms with Crippen LogP contribution in [0.5, 0.6) is 5.75 Å². The molecule has 3 fully saturated rings. The van der Waals surface area contributed by atoms with E-state index in [0.29, 0.717) is 11.8 Å². The summed E-state index contributed by atoms with van der Waals surface area (Å²) in [6.07, 6.45) is 8.39. The van der Waals surface area contributed by atoms with Crippen LogP contribution in [0.1, 0.15) is 38.5 Å². The van der Waals surface area contributed by atoms with E-state index >= 15 is 0 Å². The minimum absolute atomic E-state index is 0.322. The molecule has 0 amide bonds. The third kappa shape index (κ3) is 4.72. The van der Waals surface area contributed by atoms with Crippen LogP contribution < -0.4 is 5.73 Å². The predicted molar refractivity (Wildman–Crippen MR) is 90.7 cm³/mol. The van der Waals surface area contributed by atoms with Gasteiger partial charge in [-0.1, -0.05) is 18.2 Å². The number of rotatable bonds is 2. The van der Waals surface area contributed by atoms with Gasteiger partial charge in [0, 0.05) is 19.1 Å². The fourth-order valence-electron chi connectivity index (χ4n) is 3.99. The Morgan fingerprint density at radius 1 is 1.00 bits per heavy atom. The molecule has 2 saturated carbocycles. The second kappa shape index (κ2) is 7.47. The Hall–Kier alpha value is -1.06. The molecule has 1 saturated heterocycles. The molecule has 1 aromatic carbocycles. The molecule has 3 unspecified atom stereocenters. The second-order valence-electron chi connectivity index (χ2n) is 7.42. The van der Waals surface area contributed by atoms with Gasteiger partial charge >= 0.3 is 0 Å². The molecule has 3 atom stereocenters. The van der Waals surface area contributed by atoms with E-state index < -0.39 is 0 Å². The maximum absolute atomic E-state index is 8.63. The first kappa shape index (κ1) is 15.8. The van der Waals surface area contributed by atoms with E-state index in [-0.39, 0.29) is 0 Å². The zero-order valence-electron chi connectivity index (χ0n) is 13.5. The summed E-state index contributed by atoms with van der Waals surface area (Å²) in [7, 11) is 0. The van der Waals surface area contributed by atoms with Gasteiger partial charge in [-0.15, -0.1) is 0 Å². The van der Waals surface area contributed by atoms with Crippen LogP contribution in [0.3, 0.4) is 0 Å². The number of piperidine rings is 1. The van der Waals surface area contributed by atoms with Crippen molar-refractivity contribution in [2.24, 2.45) is 23.5 Å². The average molecular weight is 302 g/mol. The van der Waals surface area contributed by atoms with Crippen molar-refractivity contribution >= 4 is 0 Å². The van der Waals surface area contributed by atoms with Crippen LogP contribution in [-0.2, 0) is 0 Å². The Bertz CT molecular complexity index is 446. The van der Waals surface area contributed by atoms with Crippen molar-refractivity contribution in [3.05, 3.63) is 30.3 Å². The summed E-state index contributed by atoms with van der Waals surface area (Å²) >= 11 is 0. The zero-order chi connectivity index (χ0) is 15.4. The maximum atomic E-state index is 8.63. The van der Waals surface area contributed by atoms with Gasteiger partial charge in [-0.25, -0.2) is 0 Å². The maximum Gasteiger partial charge on any atom is 0.115 e. The molecule has 3 N–H and O–H groups in total. The Morgan fingerprint density at radius 3 is 2.41 bits per heavy atom. The largest absolute Gasteiger partial charge is 0.508 e. The fraction of sp³-hybridized carbons (Fsp3) is 0.684. The number of hydrogen-bond donors (Lipinski definition) is 2. The van der Waals surface area contributed by atoms with Crippen molar-refractivity contribution in [3.63, 3.8) is 0 Å². The minimum atomic E-state index is 0.322. The summed E-state index contributed by atoms with van der Waals surface area (Å²) in [6, 6.07) is 9.23. The van der Waals surface area contributed by atoms with Gasteiger partial charge in [-0.2, -0.15) is 0 Å². The van der Waals surface area contributed by atoms with Crippen molar-refractivity contribution in [2.45, 2.75) is 44.6 Å². The number of fused-ring (bicyclic) bond motifs is 1. The van der Waals surface area contributed by atoms with Crippen molar-refractivity contribution in [2.75, 3.05) is 19.6 Å². The highest BCUT2D eigenvalue weighted by Crippen LogP contribution is 2.37. The first-order chi connectivity index (χ1) is 10.7. The molecule has 0 aromatic heterocycles. The third-order valence-corrected chi connectivity index (χ3v) is 5.46. The number of phenolic OH excluding ortho intramolecular Hbond substituents is 1. The summed E-state index contributed by atoms with van der Waals surface area (Å²) in [5.41, 5.74) is 6.05. The Labute approximate surface area is 134 Å². The van der Waals surface area contributed by atoms with Gasteiger partial charge in [0.25, 0.3) is 0 Å². The van der Waals surface area contributed by atoms with Crippen LogP contribution in [0.2, 0.25) is 0 Å². The molecule has 1 aromatic rings. The van der Waals surface area contributed by atoms with E-state index in [2.05, 4.69) is 4.90 Å². The van der Waals surface area contributed by atoms with Gasteiger partial charge in [0.2, 0.25) is 0 Å². The smallest absolute Gasteiger partial charge is 0.115 e. The molecule has 3 heteroatoms. The molecule has 1 heterocycles. The van der Waals surface area contributed by atoms with Gasteiger partial charge in [0.15, 0.2) is 0 Å². The van der Waals surface area contributed by atoms with Gasteiger partial charge in [0.1, 0.15) is 5.75 Å². The van der Waals surface area contributed by atoms with Gasteiger partial charge in [0.05, 0.1) is 0 Å². The van der Waals surface area contributed by atoms with E-state index in [9.17, 15) is 0 Å². The van der Waals surface area contributed by atoms with E-state index in [1.165, 1.54) is 58.2 Å². The number of likely N-dealkylation sites (tertiary alicyclic amines) is 1. The lowest BCUT2D eigenvalue weighted by molar-refractivity contribution is 0.0771. The third-order valence-electron chi connectivity index (χ3n) is 5.46. The highest BCUT2D eigenvalue weighted by atomic mass is 16.3. The van der Waals surface area contributed by atoms with Gasteiger partial charge in [-0.05, 0) is 75.0 Å². The SMILES string of the molecule is NC1CCC2CN(CC3CC3)CCC2C1.Oc1ccccc1. The number of nitrogens with two attached hydrogens (primary N) is 1. The standard InChI is InChI=1S/C13H24N2.C6H6O/c14-13-4-3-12-9-15(8-10-1-2-10)6-5-11(12)7-13;7-6-4-2-1-3-5-6/h10-13H,1-9,14H2;1-5,7H. The predicted octanol–water partition coefficient (Wildman–Crippen LogP) is 3.24. The van der Waals surface area contributed by atoms with Gasteiger partial charge < -0.3 is 15.7 Å². The summed E-state index contributed by atoms with van der Waals surface area (Å²) in [6.45, 7) is 4.13. The van der Waals surface area contributed by atoms with Crippen LogP contribution in [0.25, 0.3) is 0 Å². The van der Waals surface area contributed by atoms with Crippen molar-refractivity contribution in [1.29, 1.82) is 0 Å². The molecule has 0 radical (unpaired) electrons. The monoisotopic (exact) mass is 302 g/mol.